The maximum atomic E-state index is 13.0. The van der Waals surface area contributed by atoms with Crippen molar-refractivity contribution in [3.05, 3.63) is 113 Å². The van der Waals surface area contributed by atoms with E-state index in [1.54, 1.807) is 65.6 Å². The zero-order chi connectivity index (χ0) is 23.9. The number of rotatable bonds is 8. The van der Waals surface area contributed by atoms with E-state index in [-0.39, 0.29) is 11.7 Å². The van der Waals surface area contributed by atoms with Crippen LogP contribution in [0, 0.1) is 5.82 Å². The number of esters is 1. The van der Waals surface area contributed by atoms with Crippen LogP contribution in [0.5, 0.6) is 5.75 Å². The molecule has 1 N–H and O–H groups in total. The molecule has 0 bridgehead atoms. The van der Waals surface area contributed by atoms with Crippen molar-refractivity contribution >= 4 is 17.6 Å². The van der Waals surface area contributed by atoms with Gasteiger partial charge in [-0.25, -0.2) is 9.18 Å². The molecule has 0 spiro atoms. The first kappa shape index (κ1) is 22.7. The monoisotopic (exact) mass is 459 g/mol. The second-order valence-corrected chi connectivity index (χ2v) is 7.47. The Morgan fingerprint density at radius 3 is 2.47 bits per heavy atom. The molecule has 4 rings (SSSR count). The van der Waals surface area contributed by atoms with Crippen molar-refractivity contribution in [1.82, 2.24) is 9.78 Å². The number of hydrogen-bond donors (Lipinski definition) is 1. The van der Waals surface area contributed by atoms with E-state index in [1.165, 1.54) is 19.2 Å². The van der Waals surface area contributed by atoms with Gasteiger partial charge in [0.1, 0.15) is 18.2 Å². The SMILES string of the molecule is COC(=O)c1ccccc1Cn1cc(NC(=O)c2ccc(COc3ccc(F)cc3)cc2)cn1. The van der Waals surface area contributed by atoms with Crippen molar-refractivity contribution in [3.63, 3.8) is 0 Å². The van der Waals surface area contributed by atoms with Gasteiger partial charge in [-0.05, 0) is 53.6 Å². The van der Waals surface area contributed by atoms with Gasteiger partial charge in [-0.2, -0.15) is 5.10 Å². The molecule has 0 unspecified atom stereocenters. The highest BCUT2D eigenvalue weighted by Gasteiger charge is 2.13. The number of benzene rings is 3. The average Bonchev–Trinajstić information content (AvgIpc) is 3.30. The van der Waals surface area contributed by atoms with Gasteiger partial charge in [0.15, 0.2) is 0 Å². The Kier molecular flexibility index (Phi) is 6.98. The molecule has 0 aliphatic carbocycles. The summed E-state index contributed by atoms with van der Waals surface area (Å²) in [4.78, 5) is 24.6. The molecule has 0 aliphatic heterocycles. The van der Waals surface area contributed by atoms with Crippen LogP contribution in [0.4, 0.5) is 10.1 Å². The van der Waals surface area contributed by atoms with Gasteiger partial charge in [0.25, 0.3) is 5.91 Å². The highest BCUT2D eigenvalue weighted by molar-refractivity contribution is 6.04. The van der Waals surface area contributed by atoms with E-state index in [0.29, 0.717) is 35.7 Å². The zero-order valence-corrected chi connectivity index (χ0v) is 18.4. The Balaban J connectivity index is 1.35. The number of anilines is 1. The molecular weight excluding hydrogens is 437 g/mol. The quantitative estimate of drug-likeness (QED) is 0.387. The van der Waals surface area contributed by atoms with Crippen molar-refractivity contribution in [2.45, 2.75) is 13.2 Å². The lowest BCUT2D eigenvalue weighted by Gasteiger charge is -2.08. The minimum atomic E-state index is -0.414. The largest absolute Gasteiger partial charge is 0.489 e. The molecule has 172 valence electrons. The summed E-state index contributed by atoms with van der Waals surface area (Å²) in [6, 6.07) is 19.9. The zero-order valence-electron chi connectivity index (χ0n) is 18.4. The van der Waals surface area contributed by atoms with E-state index in [4.69, 9.17) is 9.47 Å². The first-order valence-electron chi connectivity index (χ1n) is 10.5. The normalized spacial score (nSPS) is 10.5. The Morgan fingerprint density at radius 2 is 1.74 bits per heavy atom. The fraction of sp³-hybridized carbons (Fsp3) is 0.115. The van der Waals surface area contributed by atoms with Gasteiger partial charge in [-0.3, -0.25) is 9.48 Å². The predicted octanol–water partition coefficient (Wildman–Crippen LogP) is 4.69. The highest BCUT2D eigenvalue weighted by atomic mass is 19.1. The standard InChI is InChI=1S/C26H22FN3O4/c1-33-26(32)24-5-3-2-4-20(24)15-30-16-22(14-28-30)29-25(31)19-8-6-18(7-9-19)17-34-23-12-10-21(27)11-13-23/h2-14,16H,15,17H2,1H3,(H,29,31). The molecule has 7 nitrogen and oxygen atoms in total. The van der Waals surface area contributed by atoms with Gasteiger partial charge in [0, 0.05) is 11.8 Å². The molecular formula is C26H22FN3O4. The number of nitrogens with one attached hydrogen (secondary N) is 1. The summed E-state index contributed by atoms with van der Waals surface area (Å²) in [6.07, 6.45) is 3.24. The van der Waals surface area contributed by atoms with Crippen LogP contribution < -0.4 is 10.1 Å². The molecule has 0 saturated heterocycles. The Bertz CT molecular complexity index is 1280. The smallest absolute Gasteiger partial charge is 0.338 e. The van der Waals surface area contributed by atoms with Crippen LogP contribution >= 0.6 is 0 Å². The topological polar surface area (TPSA) is 82.5 Å². The van der Waals surface area contributed by atoms with E-state index < -0.39 is 5.97 Å². The van der Waals surface area contributed by atoms with Crippen molar-refractivity contribution in [2.75, 3.05) is 12.4 Å². The van der Waals surface area contributed by atoms with Crippen LogP contribution in [0.2, 0.25) is 0 Å². The van der Waals surface area contributed by atoms with Gasteiger partial charge in [0.2, 0.25) is 0 Å². The second kappa shape index (κ2) is 10.4. The molecule has 1 amide bonds. The lowest BCUT2D eigenvalue weighted by Crippen LogP contribution is -2.12. The number of halogens is 1. The van der Waals surface area contributed by atoms with Crippen molar-refractivity contribution in [1.29, 1.82) is 0 Å². The molecule has 3 aromatic carbocycles. The molecule has 1 aromatic heterocycles. The Labute approximate surface area is 195 Å². The van der Waals surface area contributed by atoms with Crippen LogP contribution in [0.1, 0.15) is 31.8 Å². The van der Waals surface area contributed by atoms with Gasteiger partial charge in [-0.15, -0.1) is 0 Å². The number of carbonyl (C=O) groups is 2. The van der Waals surface area contributed by atoms with Crippen molar-refractivity contribution in [3.8, 4) is 5.75 Å². The lowest BCUT2D eigenvalue weighted by molar-refractivity contribution is 0.0599. The summed E-state index contributed by atoms with van der Waals surface area (Å²) in [5.74, 6) is -0.447. The minimum Gasteiger partial charge on any atom is -0.489 e. The molecule has 0 fully saturated rings. The van der Waals surface area contributed by atoms with Gasteiger partial charge in [-0.1, -0.05) is 30.3 Å². The van der Waals surface area contributed by atoms with Crippen LogP contribution in [0.25, 0.3) is 0 Å². The summed E-state index contributed by atoms with van der Waals surface area (Å²) in [5.41, 5.74) is 3.11. The number of amides is 1. The fourth-order valence-electron chi connectivity index (χ4n) is 3.31. The first-order valence-corrected chi connectivity index (χ1v) is 10.5. The number of ether oxygens (including phenoxy) is 2. The van der Waals surface area contributed by atoms with Crippen LogP contribution in [-0.4, -0.2) is 28.8 Å². The second-order valence-electron chi connectivity index (χ2n) is 7.47. The van der Waals surface area contributed by atoms with Crippen LogP contribution in [0.15, 0.2) is 85.2 Å². The molecule has 1 heterocycles. The molecule has 34 heavy (non-hydrogen) atoms. The number of aromatic nitrogens is 2. The average molecular weight is 459 g/mol. The minimum absolute atomic E-state index is 0.277. The molecule has 8 heteroatoms. The van der Waals surface area contributed by atoms with Gasteiger partial charge in [0.05, 0.1) is 31.1 Å². The maximum absolute atomic E-state index is 13.0. The van der Waals surface area contributed by atoms with E-state index in [2.05, 4.69) is 10.4 Å². The van der Waals surface area contributed by atoms with Gasteiger partial charge < -0.3 is 14.8 Å². The highest BCUT2D eigenvalue weighted by Crippen LogP contribution is 2.16. The lowest BCUT2D eigenvalue weighted by atomic mass is 10.1. The molecule has 0 atom stereocenters. The van der Waals surface area contributed by atoms with E-state index in [9.17, 15) is 14.0 Å². The molecule has 4 aromatic rings. The van der Waals surface area contributed by atoms with Crippen LogP contribution in [0.3, 0.4) is 0 Å². The Morgan fingerprint density at radius 1 is 1.00 bits per heavy atom. The van der Waals surface area contributed by atoms with Crippen LogP contribution in [-0.2, 0) is 17.9 Å². The molecule has 0 radical (unpaired) electrons. The van der Waals surface area contributed by atoms with Crippen molar-refractivity contribution in [2.24, 2.45) is 0 Å². The number of nitrogens with zero attached hydrogens (tertiary/aromatic N) is 2. The molecule has 0 saturated carbocycles. The van der Waals surface area contributed by atoms with Gasteiger partial charge >= 0.3 is 5.97 Å². The summed E-state index contributed by atoms with van der Waals surface area (Å²) >= 11 is 0. The maximum Gasteiger partial charge on any atom is 0.338 e. The van der Waals surface area contributed by atoms with E-state index in [0.717, 1.165) is 11.1 Å². The first-order chi connectivity index (χ1) is 16.5. The predicted molar refractivity (Wildman–Crippen MR) is 124 cm³/mol. The third-order valence-corrected chi connectivity index (χ3v) is 5.08. The summed E-state index contributed by atoms with van der Waals surface area (Å²) in [5, 5.41) is 7.08. The molecule has 0 aliphatic rings. The summed E-state index contributed by atoms with van der Waals surface area (Å²) in [7, 11) is 1.34. The third-order valence-electron chi connectivity index (χ3n) is 5.08. The summed E-state index contributed by atoms with van der Waals surface area (Å²) in [6.45, 7) is 0.650. The Hall–Kier alpha value is -4.46. The number of carbonyl (C=O) groups excluding carboxylic acids is 2. The van der Waals surface area contributed by atoms with E-state index >= 15 is 0 Å². The number of hydrogen-bond acceptors (Lipinski definition) is 5. The third kappa shape index (κ3) is 5.66. The number of methoxy groups -OCH3 is 1. The van der Waals surface area contributed by atoms with Crippen molar-refractivity contribution < 1.29 is 23.5 Å². The van der Waals surface area contributed by atoms with E-state index in [1.807, 2.05) is 12.1 Å². The fourth-order valence-corrected chi connectivity index (χ4v) is 3.31. The summed E-state index contributed by atoms with van der Waals surface area (Å²) < 4.78 is 25.0.